The highest BCUT2D eigenvalue weighted by Gasteiger charge is 2.31. The molecule has 1 saturated heterocycles. The van der Waals surface area contributed by atoms with Gasteiger partial charge in [-0.3, -0.25) is 14.4 Å². The lowest BCUT2D eigenvalue weighted by Crippen LogP contribution is -2.42. The normalized spacial score (nSPS) is 20.0. The minimum absolute atomic E-state index is 0.118. The number of likely N-dealkylation sites (tertiary alicyclic amines) is 1. The van der Waals surface area contributed by atoms with E-state index >= 15 is 0 Å². The van der Waals surface area contributed by atoms with Crippen molar-refractivity contribution in [2.24, 2.45) is 0 Å². The molecule has 1 atom stereocenters. The largest absolute Gasteiger partial charge is 0.339 e. The fourth-order valence-electron chi connectivity index (χ4n) is 4.09. The van der Waals surface area contributed by atoms with Crippen molar-refractivity contribution >= 4 is 5.91 Å². The second-order valence-electron chi connectivity index (χ2n) is 8.03. The Morgan fingerprint density at radius 3 is 2.86 bits per heavy atom. The number of hydrogen-bond donors (Lipinski definition) is 0. The topological polar surface area (TPSA) is 80.3 Å². The molecule has 1 aliphatic carbocycles. The van der Waals surface area contributed by atoms with Gasteiger partial charge in [0.1, 0.15) is 0 Å². The minimum atomic E-state index is 0.118. The molecule has 2 aromatic rings. The van der Waals surface area contributed by atoms with Crippen LogP contribution in [0.25, 0.3) is 0 Å². The summed E-state index contributed by atoms with van der Waals surface area (Å²) in [6.45, 7) is 10.2. The van der Waals surface area contributed by atoms with Gasteiger partial charge in [0, 0.05) is 69.3 Å². The standard InChI is InChI=1S/C20H30N6O2/c1-4-26-14(2)17(11-21-26)12-24-9-7-18(13-24)25(15(3)27)10-8-19-22-20(28-23-19)16-5-6-16/h11,16,18H,4-10,12-13H2,1-3H3. The van der Waals surface area contributed by atoms with Crippen molar-refractivity contribution in [3.8, 4) is 0 Å². The lowest BCUT2D eigenvalue weighted by Gasteiger charge is -2.27. The van der Waals surface area contributed by atoms with Gasteiger partial charge in [0.25, 0.3) is 0 Å². The highest BCUT2D eigenvalue weighted by Crippen LogP contribution is 2.38. The third kappa shape index (κ3) is 4.11. The Morgan fingerprint density at radius 1 is 1.36 bits per heavy atom. The van der Waals surface area contributed by atoms with Crippen LogP contribution in [-0.4, -0.2) is 61.3 Å². The second-order valence-corrected chi connectivity index (χ2v) is 8.03. The highest BCUT2D eigenvalue weighted by molar-refractivity contribution is 5.73. The molecule has 1 unspecified atom stereocenters. The van der Waals surface area contributed by atoms with Gasteiger partial charge in [-0.2, -0.15) is 10.1 Å². The van der Waals surface area contributed by atoms with Crippen molar-refractivity contribution in [2.75, 3.05) is 19.6 Å². The van der Waals surface area contributed by atoms with E-state index in [1.54, 1.807) is 6.92 Å². The molecule has 8 nitrogen and oxygen atoms in total. The molecular weight excluding hydrogens is 356 g/mol. The van der Waals surface area contributed by atoms with Crippen molar-refractivity contribution in [1.82, 2.24) is 29.7 Å². The van der Waals surface area contributed by atoms with E-state index in [2.05, 4.69) is 34.0 Å². The Hall–Kier alpha value is -2.22. The summed E-state index contributed by atoms with van der Waals surface area (Å²) >= 11 is 0. The quantitative estimate of drug-likeness (QED) is 0.691. The fraction of sp³-hybridized carbons (Fsp3) is 0.700. The van der Waals surface area contributed by atoms with Crippen molar-refractivity contribution in [1.29, 1.82) is 0 Å². The number of carbonyl (C=O) groups excluding carboxylic acids is 1. The first kappa shape index (κ1) is 19.1. The first-order valence-corrected chi connectivity index (χ1v) is 10.4. The lowest BCUT2D eigenvalue weighted by molar-refractivity contribution is -0.130. The van der Waals surface area contributed by atoms with Gasteiger partial charge in [-0.05, 0) is 33.1 Å². The van der Waals surface area contributed by atoms with E-state index in [-0.39, 0.29) is 11.9 Å². The van der Waals surface area contributed by atoms with E-state index in [0.717, 1.165) is 51.3 Å². The van der Waals surface area contributed by atoms with Crippen LogP contribution in [0.2, 0.25) is 0 Å². The number of aromatic nitrogens is 4. The van der Waals surface area contributed by atoms with Gasteiger partial charge in [-0.1, -0.05) is 5.16 Å². The predicted molar refractivity (Wildman–Crippen MR) is 104 cm³/mol. The Labute approximate surface area is 165 Å². The summed E-state index contributed by atoms with van der Waals surface area (Å²) in [6, 6.07) is 0.244. The molecule has 2 fully saturated rings. The van der Waals surface area contributed by atoms with Crippen LogP contribution in [-0.2, 0) is 24.3 Å². The average Bonchev–Trinajstić information content (AvgIpc) is 3.08. The monoisotopic (exact) mass is 386 g/mol. The molecule has 28 heavy (non-hydrogen) atoms. The van der Waals surface area contributed by atoms with Crippen molar-refractivity contribution in [2.45, 2.75) is 71.5 Å². The Balaban J connectivity index is 1.32. The number of carbonyl (C=O) groups is 1. The summed E-state index contributed by atoms with van der Waals surface area (Å²) in [7, 11) is 0. The maximum atomic E-state index is 12.3. The Morgan fingerprint density at radius 2 is 2.18 bits per heavy atom. The minimum Gasteiger partial charge on any atom is -0.339 e. The summed E-state index contributed by atoms with van der Waals surface area (Å²) < 4.78 is 7.37. The first-order valence-electron chi connectivity index (χ1n) is 10.4. The van der Waals surface area contributed by atoms with Gasteiger partial charge in [0.2, 0.25) is 11.8 Å². The molecule has 1 saturated carbocycles. The van der Waals surface area contributed by atoms with Crippen molar-refractivity contribution in [3.05, 3.63) is 29.2 Å². The van der Waals surface area contributed by atoms with Gasteiger partial charge in [0.05, 0.1) is 6.20 Å². The van der Waals surface area contributed by atoms with Crippen LogP contribution in [0.1, 0.15) is 62.0 Å². The third-order valence-electron chi connectivity index (χ3n) is 5.98. The zero-order valence-electron chi connectivity index (χ0n) is 17.1. The molecule has 2 aromatic heterocycles. The lowest BCUT2D eigenvalue weighted by atomic mass is 10.2. The number of rotatable bonds is 8. The van der Waals surface area contributed by atoms with E-state index in [9.17, 15) is 4.79 Å². The van der Waals surface area contributed by atoms with Crippen LogP contribution in [0.5, 0.6) is 0 Å². The van der Waals surface area contributed by atoms with E-state index < -0.39 is 0 Å². The van der Waals surface area contributed by atoms with Crippen molar-refractivity contribution < 1.29 is 9.32 Å². The number of aryl methyl sites for hydroxylation is 1. The second kappa shape index (κ2) is 8.03. The molecule has 2 aliphatic rings. The molecule has 0 bridgehead atoms. The van der Waals surface area contributed by atoms with Gasteiger partial charge in [-0.15, -0.1) is 0 Å². The number of amides is 1. The van der Waals surface area contributed by atoms with E-state index in [1.165, 1.54) is 11.3 Å². The van der Waals surface area contributed by atoms with Crippen LogP contribution in [0, 0.1) is 6.92 Å². The Bertz CT molecular complexity index is 825. The molecule has 0 radical (unpaired) electrons. The van der Waals surface area contributed by atoms with E-state index in [4.69, 9.17) is 4.52 Å². The molecule has 0 spiro atoms. The summed E-state index contributed by atoms with van der Waals surface area (Å²) in [5.74, 6) is 2.06. The molecule has 0 N–H and O–H groups in total. The van der Waals surface area contributed by atoms with Crippen LogP contribution in [0.15, 0.2) is 10.7 Å². The number of nitrogens with zero attached hydrogens (tertiary/aromatic N) is 6. The molecule has 0 aromatic carbocycles. The zero-order valence-corrected chi connectivity index (χ0v) is 17.1. The number of hydrogen-bond acceptors (Lipinski definition) is 6. The summed E-state index contributed by atoms with van der Waals surface area (Å²) in [6.07, 6.45) is 5.92. The van der Waals surface area contributed by atoms with Crippen LogP contribution < -0.4 is 0 Å². The van der Waals surface area contributed by atoms with Crippen LogP contribution in [0.4, 0.5) is 0 Å². The summed E-state index contributed by atoms with van der Waals surface area (Å²) in [5, 5.41) is 8.53. The van der Waals surface area contributed by atoms with Crippen LogP contribution >= 0.6 is 0 Å². The van der Waals surface area contributed by atoms with Crippen molar-refractivity contribution in [3.63, 3.8) is 0 Å². The molecule has 1 amide bonds. The molecule has 3 heterocycles. The summed E-state index contributed by atoms with van der Waals surface area (Å²) in [4.78, 5) is 21.2. The molecule has 4 rings (SSSR count). The molecule has 152 valence electrons. The van der Waals surface area contributed by atoms with E-state index in [0.29, 0.717) is 24.7 Å². The first-order chi connectivity index (χ1) is 13.5. The van der Waals surface area contributed by atoms with Gasteiger partial charge < -0.3 is 9.42 Å². The van der Waals surface area contributed by atoms with Crippen LogP contribution in [0.3, 0.4) is 0 Å². The maximum Gasteiger partial charge on any atom is 0.229 e. The highest BCUT2D eigenvalue weighted by atomic mass is 16.5. The SMILES string of the molecule is CCn1ncc(CN2CCC(N(CCc3noc(C4CC4)n3)C(C)=O)C2)c1C. The predicted octanol–water partition coefficient (Wildman–Crippen LogP) is 2.14. The van der Waals surface area contributed by atoms with Gasteiger partial charge in [0.15, 0.2) is 5.82 Å². The fourth-order valence-corrected chi connectivity index (χ4v) is 4.09. The Kier molecular flexibility index (Phi) is 5.48. The molecular formula is C20H30N6O2. The van der Waals surface area contributed by atoms with Gasteiger partial charge in [-0.25, -0.2) is 0 Å². The molecule has 8 heteroatoms. The maximum absolute atomic E-state index is 12.3. The average molecular weight is 387 g/mol. The molecule has 1 aliphatic heterocycles. The summed E-state index contributed by atoms with van der Waals surface area (Å²) in [5.41, 5.74) is 2.51. The van der Waals surface area contributed by atoms with E-state index in [1.807, 2.05) is 15.8 Å². The smallest absolute Gasteiger partial charge is 0.229 e. The third-order valence-corrected chi connectivity index (χ3v) is 5.98. The zero-order chi connectivity index (χ0) is 19.7. The van der Waals surface area contributed by atoms with Gasteiger partial charge >= 0.3 is 0 Å².